The van der Waals surface area contributed by atoms with Gasteiger partial charge in [-0.05, 0) is 13.0 Å². The number of hydrogen-bond donors (Lipinski definition) is 0. The van der Waals surface area contributed by atoms with E-state index in [-0.39, 0.29) is 0 Å². The third-order valence-electron chi connectivity index (χ3n) is 2.24. The zero-order chi connectivity index (χ0) is 12.1. The Morgan fingerprint density at radius 1 is 1.29 bits per heavy atom. The summed E-state index contributed by atoms with van der Waals surface area (Å²) in [6.07, 6.45) is 1.86. The van der Waals surface area contributed by atoms with Crippen LogP contribution in [0.1, 0.15) is 6.92 Å². The van der Waals surface area contributed by atoms with Crippen molar-refractivity contribution in [2.45, 2.75) is 11.9 Å². The zero-order valence-corrected chi connectivity index (χ0v) is 10.5. The molecule has 17 heavy (non-hydrogen) atoms. The Bertz CT molecular complexity index is 528. The molecular weight excluding hydrogens is 232 g/mol. The van der Waals surface area contributed by atoms with Gasteiger partial charge in [-0.1, -0.05) is 36.0 Å². The van der Waals surface area contributed by atoms with E-state index in [9.17, 15) is 0 Å². The van der Waals surface area contributed by atoms with Gasteiger partial charge in [-0.15, -0.1) is 16.8 Å². The second-order valence-electron chi connectivity index (χ2n) is 3.39. The average Bonchev–Trinajstić information content (AvgIpc) is 2.38. The lowest BCUT2D eigenvalue weighted by Crippen LogP contribution is -1.98. The van der Waals surface area contributed by atoms with Crippen LogP contribution in [0.4, 0.5) is 0 Å². The number of hydrogen-bond acceptors (Lipinski definition) is 4. The molecule has 4 heteroatoms. The summed E-state index contributed by atoms with van der Waals surface area (Å²) >= 11 is 1.63. The molecule has 1 aromatic carbocycles. The van der Waals surface area contributed by atoms with E-state index in [0.29, 0.717) is 12.5 Å². The smallest absolute Gasteiger partial charge is 0.241 e. The van der Waals surface area contributed by atoms with Crippen LogP contribution in [0.15, 0.2) is 41.9 Å². The van der Waals surface area contributed by atoms with Crippen LogP contribution in [-0.2, 0) is 0 Å². The zero-order valence-electron chi connectivity index (χ0n) is 9.72. The van der Waals surface area contributed by atoms with Gasteiger partial charge in [0.2, 0.25) is 5.88 Å². The second-order valence-corrected chi connectivity index (χ2v) is 4.40. The van der Waals surface area contributed by atoms with Gasteiger partial charge in [0.05, 0.1) is 6.61 Å². The van der Waals surface area contributed by atoms with Crippen LogP contribution in [0.2, 0.25) is 0 Å². The molecule has 0 radical (unpaired) electrons. The van der Waals surface area contributed by atoms with Gasteiger partial charge in [-0.2, -0.15) is 0 Å². The molecule has 0 amide bonds. The van der Waals surface area contributed by atoms with E-state index in [1.807, 2.05) is 37.3 Å². The van der Waals surface area contributed by atoms with Crippen molar-refractivity contribution in [2.75, 3.05) is 12.4 Å². The first-order valence-corrected chi connectivity index (χ1v) is 6.47. The summed E-state index contributed by atoms with van der Waals surface area (Å²) in [5.74, 6) is 1.43. The monoisotopic (exact) mass is 246 g/mol. The van der Waals surface area contributed by atoms with Gasteiger partial charge < -0.3 is 4.74 Å². The van der Waals surface area contributed by atoms with Crippen LogP contribution in [0.5, 0.6) is 5.88 Å². The molecule has 0 N–H and O–H groups in total. The van der Waals surface area contributed by atoms with Crippen molar-refractivity contribution >= 4 is 22.5 Å². The van der Waals surface area contributed by atoms with Crippen molar-refractivity contribution in [1.29, 1.82) is 0 Å². The fourth-order valence-electron chi connectivity index (χ4n) is 1.54. The van der Waals surface area contributed by atoms with E-state index in [4.69, 9.17) is 4.74 Å². The Morgan fingerprint density at radius 2 is 2.06 bits per heavy atom. The van der Waals surface area contributed by atoms with E-state index < -0.39 is 0 Å². The topological polar surface area (TPSA) is 35.0 Å². The lowest BCUT2D eigenvalue weighted by molar-refractivity contribution is 0.326. The van der Waals surface area contributed by atoms with Gasteiger partial charge in [0.1, 0.15) is 5.03 Å². The maximum Gasteiger partial charge on any atom is 0.241 e. The summed E-state index contributed by atoms with van der Waals surface area (Å²) in [5, 5.41) is 11.3. The Hall–Kier alpha value is -1.55. The van der Waals surface area contributed by atoms with Crippen LogP contribution in [0.3, 0.4) is 0 Å². The summed E-state index contributed by atoms with van der Waals surface area (Å²) in [7, 11) is 0. The molecule has 0 fully saturated rings. The SMILES string of the molecule is C=CCSc1nnc(OCC)c2ccccc12. The van der Waals surface area contributed by atoms with Gasteiger partial charge >= 0.3 is 0 Å². The van der Waals surface area contributed by atoms with Crippen LogP contribution >= 0.6 is 11.8 Å². The minimum atomic E-state index is 0.595. The number of fused-ring (bicyclic) bond motifs is 1. The molecule has 0 aliphatic rings. The Labute approximate surface area is 105 Å². The molecule has 2 rings (SSSR count). The highest BCUT2D eigenvalue weighted by atomic mass is 32.2. The van der Waals surface area contributed by atoms with Crippen molar-refractivity contribution in [1.82, 2.24) is 10.2 Å². The molecule has 88 valence electrons. The molecule has 1 heterocycles. The van der Waals surface area contributed by atoms with E-state index in [1.165, 1.54) is 0 Å². The molecule has 0 spiro atoms. The van der Waals surface area contributed by atoms with Crippen LogP contribution in [0.25, 0.3) is 10.8 Å². The largest absolute Gasteiger partial charge is 0.476 e. The van der Waals surface area contributed by atoms with Crippen LogP contribution < -0.4 is 4.74 Å². The quantitative estimate of drug-likeness (QED) is 0.599. The minimum absolute atomic E-state index is 0.595. The molecule has 0 atom stereocenters. The average molecular weight is 246 g/mol. The first-order chi connectivity index (χ1) is 8.36. The molecule has 0 unspecified atom stereocenters. The fourth-order valence-corrected chi connectivity index (χ4v) is 2.25. The third-order valence-corrected chi connectivity index (χ3v) is 3.22. The van der Waals surface area contributed by atoms with Crippen molar-refractivity contribution in [3.05, 3.63) is 36.9 Å². The van der Waals surface area contributed by atoms with Crippen molar-refractivity contribution in [3.8, 4) is 5.88 Å². The number of benzene rings is 1. The second kappa shape index (κ2) is 5.68. The van der Waals surface area contributed by atoms with Gasteiger partial charge in [-0.25, -0.2) is 0 Å². The number of aromatic nitrogens is 2. The fraction of sp³-hybridized carbons (Fsp3) is 0.231. The number of thioether (sulfide) groups is 1. The lowest BCUT2D eigenvalue weighted by atomic mass is 10.2. The Kier molecular flexibility index (Phi) is 3.98. The molecule has 0 aliphatic heterocycles. The Balaban J connectivity index is 2.49. The first kappa shape index (κ1) is 11.9. The summed E-state index contributed by atoms with van der Waals surface area (Å²) in [4.78, 5) is 0. The first-order valence-electron chi connectivity index (χ1n) is 5.48. The summed E-state index contributed by atoms with van der Waals surface area (Å²) in [5.41, 5.74) is 0. The lowest BCUT2D eigenvalue weighted by Gasteiger charge is -2.08. The number of rotatable bonds is 5. The molecule has 0 aliphatic carbocycles. The minimum Gasteiger partial charge on any atom is -0.476 e. The molecule has 0 saturated carbocycles. The molecule has 0 saturated heterocycles. The molecule has 2 aromatic rings. The summed E-state index contributed by atoms with van der Waals surface area (Å²) in [6, 6.07) is 8.02. The standard InChI is InChI=1S/C13H14N2OS/c1-3-9-17-13-11-8-6-5-7-10(11)12(14-15-13)16-4-2/h3,5-8H,1,4,9H2,2H3. The highest BCUT2D eigenvalue weighted by Gasteiger charge is 2.09. The highest BCUT2D eigenvalue weighted by molar-refractivity contribution is 7.99. The third kappa shape index (κ3) is 2.58. The maximum absolute atomic E-state index is 5.48. The van der Waals surface area contributed by atoms with Gasteiger partial charge in [-0.3, -0.25) is 0 Å². The van der Waals surface area contributed by atoms with E-state index in [1.54, 1.807) is 11.8 Å². The summed E-state index contributed by atoms with van der Waals surface area (Å²) in [6.45, 7) is 6.25. The number of nitrogens with zero attached hydrogens (tertiary/aromatic N) is 2. The molecule has 3 nitrogen and oxygen atoms in total. The molecular formula is C13H14N2OS. The van der Waals surface area contributed by atoms with E-state index in [2.05, 4.69) is 16.8 Å². The van der Waals surface area contributed by atoms with Crippen LogP contribution in [-0.4, -0.2) is 22.6 Å². The van der Waals surface area contributed by atoms with Crippen molar-refractivity contribution in [3.63, 3.8) is 0 Å². The van der Waals surface area contributed by atoms with Gasteiger partial charge in [0.15, 0.2) is 0 Å². The van der Waals surface area contributed by atoms with Crippen molar-refractivity contribution in [2.24, 2.45) is 0 Å². The molecule has 0 bridgehead atoms. The highest BCUT2D eigenvalue weighted by Crippen LogP contribution is 2.29. The van der Waals surface area contributed by atoms with Crippen LogP contribution in [0, 0.1) is 0 Å². The maximum atomic E-state index is 5.48. The normalized spacial score (nSPS) is 10.4. The van der Waals surface area contributed by atoms with E-state index in [0.717, 1.165) is 21.6 Å². The predicted molar refractivity (Wildman–Crippen MR) is 71.6 cm³/mol. The predicted octanol–water partition coefficient (Wildman–Crippen LogP) is 3.31. The van der Waals surface area contributed by atoms with Gasteiger partial charge in [0, 0.05) is 16.5 Å². The number of ether oxygens (including phenoxy) is 1. The molecule has 1 aromatic heterocycles. The van der Waals surface area contributed by atoms with Crippen molar-refractivity contribution < 1.29 is 4.74 Å². The van der Waals surface area contributed by atoms with E-state index >= 15 is 0 Å². The van der Waals surface area contributed by atoms with Gasteiger partial charge in [0.25, 0.3) is 0 Å². The summed E-state index contributed by atoms with van der Waals surface area (Å²) < 4.78 is 5.48. The Morgan fingerprint density at radius 3 is 2.76 bits per heavy atom.